The monoisotopic (exact) mass is 283 g/mol. The van der Waals surface area contributed by atoms with Crippen molar-refractivity contribution in [1.29, 1.82) is 0 Å². The minimum atomic E-state index is -1.10. The first kappa shape index (κ1) is 14.4. The van der Waals surface area contributed by atoms with Crippen molar-refractivity contribution in [3.05, 3.63) is 35.4 Å². The molecule has 0 aliphatic heterocycles. The molecule has 20 heavy (non-hydrogen) atoms. The van der Waals surface area contributed by atoms with Crippen LogP contribution in [-0.4, -0.2) is 35.0 Å². The van der Waals surface area contributed by atoms with Gasteiger partial charge in [-0.25, -0.2) is 13.6 Å². The molecule has 1 aliphatic carbocycles. The smallest absolute Gasteiger partial charge is 0.326 e. The molecule has 6 heteroatoms. The molecule has 1 aromatic rings. The van der Waals surface area contributed by atoms with E-state index in [0.29, 0.717) is 6.42 Å². The number of carbonyl (C=O) groups is 2. The van der Waals surface area contributed by atoms with Crippen molar-refractivity contribution in [2.45, 2.75) is 25.3 Å². The number of benzene rings is 1. The van der Waals surface area contributed by atoms with E-state index in [0.717, 1.165) is 23.1 Å². The van der Waals surface area contributed by atoms with Crippen LogP contribution in [0.25, 0.3) is 0 Å². The number of hydrogen-bond acceptors (Lipinski definition) is 2. The van der Waals surface area contributed by atoms with Crippen molar-refractivity contribution in [2.75, 3.05) is 7.05 Å². The summed E-state index contributed by atoms with van der Waals surface area (Å²) in [6.45, 7) is 1.40. The average molecular weight is 283 g/mol. The number of halogens is 2. The molecule has 0 saturated heterocycles. The second kappa shape index (κ2) is 5.19. The van der Waals surface area contributed by atoms with Crippen molar-refractivity contribution in [1.82, 2.24) is 4.90 Å². The van der Waals surface area contributed by atoms with Crippen LogP contribution in [0, 0.1) is 17.6 Å². The number of carboxylic acids is 1. The Morgan fingerprint density at radius 1 is 1.40 bits per heavy atom. The minimum Gasteiger partial charge on any atom is -0.480 e. The van der Waals surface area contributed by atoms with Gasteiger partial charge in [0.15, 0.2) is 0 Å². The van der Waals surface area contributed by atoms with Crippen molar-refractivity contribution in [2.24, 2.45) is 5.92 Å². The molecule has 0 bridgehead atoms. The van der Waals surface area contributed by atoms with E-state index in [2.05, 4.69) is 0 Å². The summed E-state index contributed by atoms with van der Waals surface area (Å²) in [5, 5.41) is 8.86. The molecular weight excluding hydrogens is 268 g/mol. The van der Waals surface area contributed by atoms with Gasteiger partial charge >= 0.3 is 5.97 Å². The second-order valence-electron chi connectivity index (χ2n) is 5.08. The molecule has 0 aromatic heterocycles. The molecular formula is C14H15F2NO3. The third-order valence-electron chi connectivity index (χ3n) is 3.75. The van der Waals surface area contributed by atoms with E-state index < -0.39 is 29.6 Å². The molecule has 2 rings (SSSR count). The highest BCUT2D eigenvalue weighted by Gasteiger charge is 2.47. The Hall–Kier alpha value is -1.98. The normalized spacial score (nSPS) is 22.2. The van der Waals surface area contributed by atoms with Gasteiger partial charge in [0.25, 0.3) is 0 Å². The van der Waals surface area contributed by atoms with Crippen molar-refractivity contribution in [3.8, 4) is 0 Å². The van der Waals surface area contributed by atoms with Gasteiger partial charge in [-0.05, 0) is 43.0 Å². The number of carbonyl (C=O) groups excluding carboxylic acids is 1. The summed E-state index contributed by atoms with van der Waals surface area (Å²) in [4.78, 5) is 24.0. The molecule has 4 nitrogen and oxygen atoms in total. The molecule has 1 N–H and O–H groups in total. The molecule has 108 valence electrons. The molecule has 1 saturated carbocycles. The highest BCUT2D eigenvalue weighted by molar-refractivity contribution is 5.87. The number of likely N-dealkylation sites (N-methyl/N-ethyl adjacent to an activating group) is 1. The lowest BCUT2D eigenvalue weighted by molar-refractivity contribution is -0.148. The highest BCUT2D eigenvalue weighted by atomic mass is 19.1. The molecule has 3 unspecified atom stereocenters. The van der Waals surface area contributed by atoms with E-state index >= 15 is 0 Å². The fourth-order valence-electron chi connectivity index (χ4n) is 2.23. The largest absolute Gasteiger partial charge is 0.480 e. The van der Waals surface area contributed by atoms with Gasteiger partial charge in [-0.1, -0.05) is 0 Å². The van der Waals surface area contributed by atoms with Gasteiger partial charge in [0.1, 0.15) is 17.7 Å². The SMILES string of the molecule is CC(C(=O)O)N(C)C(=O)C1CC1c1cc(F)ccc1F. The summed E-state index contributed by atoms with van der Waals surface area (Å²) in [6, 6.07) is 2.21. The first-order valence-electron chi connectivity index (χ1n) is 6.27. The maximum atomic E-state index is 13.6. The van der Waals surface area contributed by atoms with Gasteiger partial charge in [0.2, 0.25) is 5.91 Å². The van der Waals surface area contributed by atoms with Gasteiger partial charge in [-0.2, -0.15) is 0 Å². The first-order chi connectivity index (χ1) is 9.32. The van der Waals surface area contributed by atoms with Crippen LogP contribution >= 0.6 is 0 Å². The standard InChI is InChI=1S/C14H15F2NO3/c1-7(14(19)20)17(2)13(18)11-6-9(11)10-5-8(15)3-4-12(10)16/h3-5,7,9,11H,6H2,1-2H3,(H,19,20). The van der Waals surface area contributed by atoms with Gasteiger partial charge in [0.05, 0.1) is 0 Å². The van der Waals surface area contributed by atoms with Gasteiger partial charge in [-0.3, -0.25) is 4.79 Å². The molecule has 1 aromatic carbocycles. The third-order valence-corrected chi connectivity index (χ3v) is 3.75. The zero-order chi connectivity index (χ0) is 15.0. The lowest BCUT2D eigenvalue weighted by Crippen LogP contribution is -2.41. The highest BCUT2D eigenvalue weighted by Crippen LogP contribution is 2.49. The zero-order valence-electron chi connectivity index (χ0n) is 11.1. The molecule has 3 atom stereocenters. The van der Waals surface area contributed by atoms with E-state index in [1.54, 1.807) is 0 Å². The van der Waals surface area contributed by atoms with Gasteiger partial charge in [-0.15, -0.1) is 0 Å². The third kappa shape index (κ3) is 2.64. The summed E-state index contributed by atoms with van der Waals surface area (Å²) in [7, 11) is 1.40. The maximum Gasteiger partial charge on any atom is 0.326 e. The molecule has 0 heterocycles. The Morgan fingerprint density at radius 2 is 2.05 bits per heavy atom. The van der Waals surface area contributed by atoms with E-state index in [4.69, 9.17) is 5.11 Å². The summed E-state index contributed by atoms with van der Waals surface area (Å²) in [5.74, 6) is -3.39. The van der Waals surface area contributed by atoms with Crippen LogP contribution in [0.2, 0.25) is 0 Å². The van der Waals surface area contributed by atoms with E-state index in [1.807, 2.05) is 0 Å². The quantitative estimate of drug-likeness (QED) is 0.919. The van der Waals surface area contributed by atoms with Crippen LogP contribution in [0.3, 0.4) is 0 Å². The lowest BCUT2D eigenvalue weighted by atomic mass is 10.1. The van der Waals surface area contributed by atoms with E-state index in [1.165, 1.54) is 14.0 Å². The fraction of sp³-hybridized carbons (Fsp3) is 0.429. The molecule has 0 spiro atoms. The van der Waals surface area contributed by atoms with Gasteiger partial charge < -0.3 is 10.0 Å². The predicted molar refractivity (Wildman–Crippen MR) is 67.1 cm³/mol. The summed E-state index contributed by atoms with van der Waals surface area (Å²) < 4.78 is 26.7. The van der Waals surface area contributed by atoms with E-state index in [-0.39, 0.29) is 17.4 Å². The Labute approximate surface area is 115 Å². The number of amides is 1. The van der Waals surface area contributed by atoms with Crippen molar-refractivity contribution >= 4 is 11.9 Å². The average Bonchev–Trinajstić information content (AvgIpc) is 3.19. The lowest BCUT2D eigenvalue weighted by Gasteiger charge is -2.21. The van der Waals surface area contributed by atoms with Crippen molar-refractivity contribution in [3.63, 3.8) is 0 Å². The Bertz CT molecular complexity index is 561. The molecule has 1 fully saturated rings. The fourth-order valence-corrected chi connectivity index (χ4v) is 2.23. The topological polar surface area (TPSA) is 57.6 Å². The number of aliphatic carboxylic acids is 1. The number of hydrogen-bond donors (Lipinski definition) is 1. The van der Waals surface area contributed by atoms with Crippen LogP contribution in [0.5, 0.6) is 0 Å². The number of rotatable bonds is 4. The summed E-state index contributed by atoms with van der Waals surface area (Å²) in [6.07, 6.45) is 0.413. The van der Waals surface area contributed by atoms with Crippen LogP contribution in [-0.2, 0) is 9.59 Å². The molecule has 1 aliphatic rings. The Morgan fingerprint density at radius 3 is 2.65 bits per heavy atom. The van der Waals surface area contributed by atoms with Crippen LogP contribution in [0.1, 0.15) is 24.8 Å². The molecule has 1 amide bonds. The zero-order valence-corrected chi connectivity index (χ0v) is 11.1. The summed E-state index contributed by atoms with van der Waals surface area (Å²) in [5.41, 5.74) is 0.180. The van der Waals surface area contributed by atoms with Crippen molar-refractivity contribution < 1.29 is 23.5 Å². The van der Waals surface area contributed by atoms with Crippen LogP contribution in [0.4, 0.5) is 8.78 Å². The molecule has 0 radical (unpaired) electrons. The number of carboxylic acid groups (broad SMARTS) is 1. The van der Waals surface area contributed by atoms with Crippen LogP contribution < -0.4 is 0 Å². The maximum absolute atomic E-state index is 13.6. The number of nitrogens with zero attached hydrogens (tertiary/aromatic N) is 1. The Kier molecular flexibility index (Phi) is 3.74. The second-order valence-corrected chi connectivity index (χ2v) is 5.08. The summed E-state index contributed by atoms with van der Waals surface area (Å²) >= 11 is 0. The van der Waals surface area contributed by atoms with Crippen LogP contribution in [0.15, 0.2) is 18.2 Å². The van der Waals surface area contributed by atoms with Gasteiger partial charge in [0, 0.05) is 13.0 Å². The Balaban J connectivity index is 2.09. The minimum absolute atomic E-state index is 0.180. The van der Waals surface area contributed by atoms with E-state index in [9.17, 15) is 18.4 Å². The predicted octanol–water partition coefficient (Wildman–Crippen LogP) is 2.00. The first-order valence-corrected chi connectivity index (χ1v) is 6.27.